The minimum absolute atomic E-state index is 0.0855. The Kier molecular flexibility index (Phi) is 2.24. The Morgan fingerprint density at radius 2 is 2.31 bits per heavy atom. The number of nitrogens with one attached hydrogen (secondary N) is 1. The summed E-state index contributed by atoms with van der Waals surface area (Å²) in [6.45, 7) is 2.26. The lowest BCUT2D eigenvalue weighted by atomic mass is 9.96. The molecule has 5 heteroatoms. The standard InChI is InChI=1S/C11H13BN2O2/c12-7-1-2-8-9(5-7)15-6-10(16-8)11-13-3-4-14-11/h1-2,5,10H,3-4,6,12H2,(H,13,14). The molecule has 0 bridgehead atoms. The summed E-state index contributed by atoms with van der Waals surface area (Å²) in [4.78, 5) is 4.35. The fourth-order valence-electron chi connectivity index (χ4n) is 1.94. The fourth-order valence-corrected chi connectivity index (χ4v) is 1.94. The van der Waals surface area contributed by atoms with Crippen molar-refractivity contribution in [3.8, 4) is 11.5 Å². The smallest absolute Gasteiger partial charge is 0.189 e. The van der Waals surface area contributed by atoms with Gasteiger partial charge in [0, 0.05) is 6.54 Å². The first-order chi connectivity index (χ1) is 7.83. The average Bonchev–Trinajstić information content (AvgIpc) is 2.82. The van der Waals surface area contributed by atoms with Crippen LogP contribution in [0.1, 0.15) is 0 Å². The Balaban J connectivity index is 1.83. The third-order valence-electron chi connectivity index (χ3n) is 2.76. The molecule has 0 radical (unpaired) electrons. The number of aliphatic imine (C=N–C) groups is 1. The number of amidine groups is 1. The molecule has 82 valence electrons. The highest BCUT2D eigenvalue weighted by Crippen LogP contribution is 2.30. The number of hydrogen-bond donors (Lipinski definition) is 1. The van der Waals surface area contributed by atoms with Gasteiger partial charge in [-0.3, -0.25) is 4.99 Å². The van der Waals surface area contributed by atoms with Gasteiger partial charge in [0.05, 0.1) is 6.54 Å². The Morgan fingerprint density at radius 1 is 1.38 bits per heavy atom. The highest BCUT2D eigenvalue weighted by molar-refractivity contribution is 6.32. The quantitative estimate of drug-likeness (QED) is 0.618. The van der Waals surface area contributed by atoms with E-state index in [2.05, 4.69) is 10.3 Å². The Labute approximate surface area is 95.1 Å². The Morgan fingerprint density at radius 3 is 3.12 bits per heavy atom. The summed E-state index contributed by atoms with van der Waals surface area (Å²) in [6.07, 6.45) is -0.0855. The largest absolute Gasteiger partial charge is 0.485 e. The Bertz CT molecular complexity index is 448. The van der Waals surface area contributed by atoms with E-state index < -0.39 is 0 Å². The summed E-state index contributed by atoms with van der Waals surface area (Å²) in [6, 6.07) is 5.97. The monoisotopic (exact) mass is 216 g/mol. The van der Waals surface area contributed by atoms with E-state index in [1.807, 2.05) is 26.0 Å². The van der Waals surface area contributed by atoms with E-state index >= 15 is 0 Å². The highest BCUT2D eigenvalue weighted by Gasteiger charge is 2.26. The molecule has 1 unspecified atom stereocenters. The highest BCUT2D eigenvalue weighted by atomic mass is 16.6. The van der Waals surface area contributed by atoms with E-state index in [1.54, 1.807) is 0 Å². The predicted molar refractivity (Wildman–Crippen MR) is 64.8 cm³/mol. The van der Waals surface area contributed by atoms with Crippen LogP contribution in [0.2, 0.25) is 0 Å². The van der Waals surface area contributed by atoms with Crippen LogP contribution in [0.5, 0.6) is 11.5 Å². The molecule has 0 saturated heterocycles. The van der Waals surface area contributed by atoms with E-state index in [0.29, 0.717) is 6.61 Å². The van der Waals surface area contributed by atoms with E-state index in [9.17, 15) is 0 Å². The first kappa shape index (κ1) is 9.57. The van der Waals surface area contributed by atoms with Crippen molar-refractivity contribution in [1.82, 2.24) is 5.32 Å². The molecule has 1 atom stereocenters. The second-order valence-electron chi connectivity index (χ2n) is 4.06. The van der Waals surface area contributed by atoms with Crippen LogP contribution in [0.4, 0.5) is 0 Å². The summed E-state index contributed by atoms with van der Waals surface area (Å²) >= 11 is 0. The van der Waals surface area contributed by atoms with Gasteiger partial charge in [-0.15, -0.1) is 0 Å². The van der Waals surface area contributed by atoms with Crippen LogP contribution in [0.25, 0.3) is 0 Å². The zero-order chi connectivity index (χ0) is 11.0. The average molecular weight is 216 g/mol. The lowest BCUT2D eigenvalue weighted by Crippen LogP contribution is -2.42. The van der Waals surface area contributed by atoms with Crippen LogP contribution >= 0.6 is 0 Å². The van der Waals surface area contributed by atoms with Crippen molar-refractivity contribution in [2.75, 3.05) is 19.7 Å². The minimum Gasteiger partial charge on any atom is -0.485 e. The van der Waals surface area contributed by atoms with Crippen LogP contribution in [0.3, 0.4) is 0 Å². The van der Waals surface area contributed by atoms with Gasteiger partial charge < -0.3 is 14.8 Å². The molecule has 1 aromatic carbocycles. The SMILES string of the molecule is Bc1ccc2c(c1)OCC(C1=NCCN1)O2. The van der Waals surface area contributed by atoms with Crippen molar-refractivity contribution in [3.63, 3.8) is 0 Å². The van der Waals surface area contributed by atoms with E-state index in [1.165, 1.54) is 5.46 Å². The first-order valence-electron chi connectivity index (χ1n) is 5.51. The maximum absolute atomic E-state index is 5.85. The third-order valence-corrected chi connectivity index (χ3v) is 2.76. The second kappa shape index (κ2) is 3.74. The van der Waals surface area contributed by atoms with Crippen molar-refractivity contribution < 1.29 is 9.47 Å². The minimum atomic E-state index is -0.0855. The molecule has 1 aromatic rings. The molecule has 2 heterocycles. The molecule has 0 saturated carbocycles. The zero-order valence-corrected chi connectivity index (χ0v) is 9.19. The van der Waals surface area contributed by atoms with Gasteiger partial charge >= 0.3 is 0 Å². The van der Waals surface area contributed by atoms with Gasteiger partial charge in [-0.1, -0.05) is 11.5 Å². The summed E-state index contributed by atoms with van der Waals surface area (Å²) in [7, 11) is 2.04. The number of hydrogen-bond acceptors (Lipinski definition) is 4. The summed E-state index contributed by atoms with van der Waals surface area (Å²) in [5, 5.41) is 3.21. The molecule has 0 aromatic heterocycles. The fraction of sp³-hybridized carbons (Fsp3) is 0.364. The first-order valence-corrected chi connectivity index (χ1v) is 5.51. The number of rotatable bonds is 1. The molecular formula is C11H13BN2O2. The molecule has 1 N–H and O–H groups in total. The van der Waals surface area contributed by atoms with Gasteiger partial charge in [-0.2, -0.15) is 0 Å². The second-order valence-corrected chi connectivity index (χ2v) is 4.06. The molecule has 2 aliphatic rings. The van der Waals surface area contributed by atoms with Crippen molar-refractivity contribution in [2.45, 2.75) is 6.10 Å². The van der Waals surface area contributed by atoms with Crippen molar-refractivity contribution in [3.05, 3.63) is 18.2 Å². The summed E-state index contributed by atoms with van der Waals surface area (Å²) < 4.78 is 11.5. The van der Waals surface area contributed by atoms with Gasteiger partial charge in [0.1, 0.15) is 20.3 Å². The van der Waals surface area contributed by atoms with Gasteiger partial charge in [-0.25, -0.2) is 0 Å². The van der Waals surface area contributed by atoms with Gasteiger partial charge in [0.2, 0.25) is 0 Å². The van der Waals surface area contributed by atoms with Crippen LogP contribution in [0.15, 0.2) is 23.2 Å². The molecule has 0 fully saturated rings. The molecule has 0 aliphatic carbocycles. The molecule has 2 aliphatic heterocycles. The molecule has 0 amide bonds. The number of fused-ring (bicyclic) bond motifs is 1. The molecular weight excluding hydrogens is 203 g/mol. The van der Waals surface area contributed by atoms with E-state index in [0.717, 1.165) is 30.4 Å². The maximum Gasteiger partial charge on any atom is 0.189 e. The normalized spacial score (nSPS) is 22.5. The van der Waals surface area contributed by atoms with Crippen molar-refractivity contribution in [1.29, 1.82) is 0 Å². The number of ether oxygens (including phenoxy) is 2. The summed E-state index contributed by atoms with van der Waals surface area (Å²) in [5.41, 5.74) is 1.18. The number of nitrogens with zero attached hydrogens (tertiary/aromatic N) is 1. The summed E-state index contributed by atoms with van der Waals surface area (Å²) in [5.74, 6) is 2.54. The van der Waals surface area contributed by atoms with Gasteiger partial charge in [0.25, 0.3) is 0 Å². The van der Waals surface area contributed by atoms with Gasteiger partial charge in [0.15, 0.2) is 17.6 Å². The van der Waals surface area contributed by atoms with Crippen LogP contribution in [-0.2, 0) is 0 Å². The molecule has 4 nitrogen and oxygen atoms in total. The van der Waals surface area contributed by atoms with E-state index in [4.69, 9.17) is 9.47 Å². The number of benzene rings is 1. The topological polar surface area (TPSA) is 42.8 Å². The molecule has 16 heavy (non-hydrogen) atoms. The van der Waals surface area contributed by atoms with Crippen LogP contribution in [0, 0.1) is 0 Å². The van der Waals surface area contributed by atoms with Crippen LogP contribution < -0.4 is 20.3 Å². The van der Waals surface area contributed by atoms with E-state index in [-0.39, 0.29) is 6.10 Å². The lowest BCUT2D eigenvalue weighted by molar-refractivity contribution is 0.133. The lowest BCUT2D eigenvalue weighted by Gasteiger charge is -2.26. The molecule has 3 rings (SSSR count). The molecule has 0 spiro atoms. The van der Waals surface area contributed by atoms with Crippen LogP contribution in [-0.4, -0.2) is 39.5 Å². The van der Waals surface area contributed by atoms with Crippen molar-refractivity contribution in [2.24, 2.45) is 4.99 Å². The zero-order valence-electron chi connectivity index (χ0n) is 9.19. The third kappa shape index (κ3) is 1.62. The van der Waals surface area contributed by atoms with Crippen molar-refractivity contribution >= 4 is 19.1 Å². The predicted octanol–water partition coefficient (Wildman–Crippen LogP) is -0.913. The maximum atomic E-state index is 5.85. The van der Waals surface area contributed by atoms with Gasteiger partial charge in [-0.05, 0) is 12.1 Å². The Hall–Kier alpha value is -1.65.